The zero-order valence-corrected chi connectivity index (χ0v) is 47.2. The van der Waals surface area contributed by atoms with Crippen LogP contribution in [0.25, 0.3) is 90.9 Å². The molecule has 0 saturated heterocycles. The van der Waals surface area contributed by atoms with Crippen molar-refractivity contribution in [3.8, 4) is 56.3 Å². The van der Waals surface area contributed by atoms with Crippen LogP contribution < -0.4 is 5.32 Å². The van der Waals surface area contributed by atoms with E-state index in [4.69, 9.17) is 9.97 Å². The molecule has 79 heavy (non-hydrogen) atoms. The first-order valence-electron chi connectivity index (χ1n) is 26.5. The van der Waals surface area contributed by atoms with E-state index in [-0.39, 0.29) is 22.3 Å². The monoisotopic (exact) mass is 1090 g/mol. The number of amides is 1. The Bertz CT molecular complexity index is 3780. The number of carbonyl (C=O) groups excluding carboxylic acids is 1. The summed E-state index contributed by atoms with van der Waals surface area (Å²) in [6.45, 7) is 15.6. The molecule has 3 N–H and O–H groups in total. The summed E-state index contributed by atoms with van der Waals surface area (Å²) in [4.78, 5) is 32.5. The van der Waals surface area contributed by atoms with E-state index in [2.05, 4.69) is 228 Å². The van der Waals surface area contributed by atoms with E-state index in [1.54, 1.807) is 0 Å². The number of thioether (sulfide) groups is 1. The standard InChI is InChI=1S/C66H54N5OS.C5H5.Fe/c1-8-67-66(72)73-51-25-23-50(24-26-51)63-54-29-33-58(70-54)64(60-41(4)35-39(2)36-42(60)5)56-31-27-52(68-56)62(49-21-17-46(18-22-49)14-13-45-15-19-48(20-16-45)47-11-9-10-12-47)53-28-32-57(69-53)65(59-34-30-55(63)71-59)61-43(6)37-40(3)38-44(61)7;1-2-4-5-3-1;/h9-12,15-38,68,71H,8H2,1-7H3,(H,67,72);1-5H;/q;;+2. The van der Waals surface area contributed by atoms with Crippen molar-refractivity contribution >= 4 is 63.4 Å². The van der Waals surface area contributed by atoms with Gasteiger partial charge in [0.1, 0.15) is 0 Å². The maximum absolute atomic E-state index is 12.6. The van der Waals surface area contributed by atoms with Crippen LogP contribution >= 0.6 is 11.8 Å². The zero-order chi connectivity index (χ0) is 53.9. The minimum atomic E-state index is -0.0779. The largest absolute Gasteiger partial charge is 2.00 e. The molecule has 0 atom stereocenters. The number of nitrogens with one attached hydrogen (secondary N) is 3. The topological polar surface area (TPSA) is 86.5 Å². The van der Waals surface area contributed by atoms with Gasteiger partial charge in [-0.15, -0.1) is 0 Å². The average molecular weight is 1090 g/mol. The van der Waals surface area contributed by atoms with Crippen molar-refractivity contribution in [3.05, 3.63) is 258 Å². The van der Waals surface area contributed by atoms with E-state index < -0.39 is 0 Å². The minimum absolute atomic E-state index is 0. The van der Waals surface area contributed by atoms with Gasteiger partial charge in [0.05, 0.1) is 22.8 Å². The molecular formula is C71H59FeN5OS+2. The fourth-order valence-electron chi connectivity index (χ4n) is 11.0. The second kappa shape index (κ2) is 24.3. The van der Waals surface area contributed by atoms with E-state index in [0.717, 1.165) is 105 Å². The van der Waals surface area contributed by atoms with Gasteiger partial charge in [-0.2, -0.15) is 0 Å². The molecule has 5 heterocycles. The summed E-state index contributed by atoms with van der Waals surface area (Å²) >= 11 is 1.19. The molecule has 12 rings (SSSR count). The number of nitrogens with zero attached hydrogens (tertiary/aromatic N) is 2. The molecule has 5 aromatic carbocycles. The molecular weight excluding hydrogens is 1030 g/mol. The van der Waals surface area contributed by atoms with Crippen LogP contribution in [-0.2, 0) is 17.1 Å². The number of fused-ring (bicyclic) bond motifs is 8. The Morgan fingerprint density at radius 1 is 0.456 bits per heavy atom. The minimum Gasteiger partial charge on any atom is -0.354 e. The third kappa shape index (κ3) is 12.0. The second-order valence-corrected chi connectivity index (χ2v) is 21.1. The molecule has 2 aliphatic heterocycles. The summed E-state index contributed by atoms with van der Waals surface area (Å²) < 4.78 is 0. The summed E-state index contributed by atoms with van der Waals surface area (Å²) in [6, 6.07) is 42.9. The fraction of sp³-hybridized carbons (Fsp3) is 0.113. The van der Waals surface area contributed by atoms with Gasteiger partial charge in [0.25, 0.3) is 5.24 Å². The number of aromatic nitrogens is 4. The molecule has 4 aliphatic rings. The summed E-state index contributed by atoms with van der Waals surface area (Å²) in [5.41, 5.74) is 25.6. The SMILES string of the molecule is CCNC(=O)Sc1ccc(-c2c3nc(c(-c4c(C)cc(C)cc4C)c4ccc([nH]4)c(-c4ccc(C#Cc5ccc([C]6[CH][CH][CH][CH]6)cc5)cc4)c4nc(c(-c5c(C)cc(C)cc5C)c5ccc2[nH]5)C=C4)C=C3)cc1.[CH]1[CH][CH][CH][CH]1.[Fe+2]. The van der Waals surface area contributed by atoms with Crippen LogP contribution in [0, 0.1) is 117 Å². The van der Waals surface area contributed by atoms with Crippen molar-refractivity contribution in [1.82, 2.24) is 25.3 Å². The molecule has 2 fully saturated rings. The van der Waals surface area contributed by atoms with E-state index in [0.29, 0.717) is 6.54 Å². The zero-order valence-electron chi connectivity index (χ0n) is 45.3. The van der Waals surface area contributed by atoms with Crippen molar-refractivity contribution in [3.63, 3.8) is 0 Å². The van der Waals surface area contributed by atoms with Crippen molar-refractivity contribution in [1.29, 1.82) is 0 Å². The Morgan fingerprint density at radius 3 is 1.20 bits per heavy atom. The molecule has 2 saturated carbocycles. The van der Waals surface area contributed by atoms with Gasteiger partial charge >= 0.3 is 17.1 Å². The van der Waals surface area contributed by atoms with Gasteiger partial charge in [0, 0.05) is 72.8 Å². The molecule has 8 heteroatoms. The Hall–Kier alpha value is -7.40. The van der Waals surface area contributed by atoms with Crippen molar-refractivity contribution < 1.29 is 21.9 Å². The van der Waals surface area contributed by atoms with Crippen LogP contribution in [0.4, 0.5) is 4.79 Å². The first kappa shape index (κ1) is 54.9. The van der Waals surface area contributed by atoms with E-state index in [1.807, 2.05) is 51.2 Å². The third-order valence-corrected chi connectivity index (χ3v) is 15.1. The summed E-state index contributed by atoms with van der Waals surface area (Å²) in [6.07, 6.45) is 27.0. The van der Waals surface area contributed by atoms with Crippen molar-refractivity contribution in [2.24, 2.45) is 0 Å². The van der Waals surface area contributed by atoms with Crippen LogP contribution in [0.3, 0.4) is 0 Å². The normalized spacial score (nSPS) is 13.6. The first-order chi connectivity index (χ1) is 38.0. The summed E-state index contributed by atoms with van der Waals surface area (Å²) in [5, 5.41) is 2.82. The van der Waals surface area contributed by atoms with Crippen LogP contribution in [0.5, 0.6) is 0 Å². The molecule has 10 radical (unpaired) electrons. The Morgan fingerprint density at radius 2 is 0.810 bits per heavy atom. The Labute approximate surface area is 481 Å². The predicted molar refractivity (Wildman–Crippen MR) is 327 cm³/mol. The van der Waals surface area contributed by atoms with Gasteiger partial charge in [-0.25, -0.2) is 9.97 Å². The number of hydrogen-bond acceptors (Lipinski definition) is 4. The van der Waals surface area contributed by atoms with Gasteiger partial charge in [0.2, 0.25) is 0 Å². The number of carbonyl (C=O) groups is 1. The van der Waals surface area contributed by atoms with E-state index >= 15 is 0 Å². The molecule has 386 valence electrons. The smallest absolute Gasteiger partial charge is 0.354 e. The number of rotatable bonds is 7. The predicted octanol–water partition coefficient (Wildman–Crippen LogP) is 17.2. The quantitative estimate of drug-likeness (QED) is 0.0843. The third-order valence-electron chi connectivity index (χ3n) is 14.2. The van der Waals surface area contributed by atoms with E-state index in [9.17, 15) is 4.79 Å². The van der Waals surface area contributed by atoms with Crippen LogP contribution in [-0.4, -0.2) is 31.7 Å². The van der Waals surface area contributed by atoms with Crippen LogP contribution in [0.15, 0.2) is 126 Å². The van der Waals surface area contributed by atoms with Gasteiger partial charge in [0.15, 0.2) is 0 Å². The molecule has 0 spiro atoms. The number of benzene rings is 5. The number of aromatic amines is 2. The molecule has 6 nitrogen and oxygen atoms in total. The number of hydrogen-bond donors (Lipinski definition) is 3. The number of aryl methyl sites for hydroxylation is 6. The second-order valence-electron chi connectivity index (χ2n) is 20.0. The molecule has 2 aliphatic carbocycles. The summed E-state index contributed by atoms with van der Waals surface area (Å²) in [5.74, 6) is 8.01. The maximum Gasteiger partial charge on any atom is 2.00 e. The van der Waals surface area contributed by atoms with Crippen LogP contribution in [0.2, 0.25) is 0 Å². The van der Waals surface area contributed by atoms with Gasteiger partial charge in [-0.3, -0.25) is 4.79 Å². The first-order valence-corrected chi connectivity index (χ1v) is 27.3. The van der Waals surface area contributed by atoms with Gasteiger partial charge in [-0.1, -0.05) is 83.6 Å². The van der Waals surface area contributed by atoms with Crippen molar-refractivity contribution in [2.45, 2.75) is 53.4 Å². The van der Waals surface area contributed by atoms with Crippen LogP contribution in [0.1, 0.15) is 79.8 Å². The number of H-pyrrole nitrogens is 2. The van der Waals surface area contributed by atoms with Gasteiger partial charge in [-0.05, 0) is 253 Å². The Kier molecular flexibility index (Phi) is 16.9. The maximum atomic E-state index is 12.6. The Balaban J connectivity index is 0.00000111. The fourth-order valence-corrected chi connectivity index (χ4v) is 11.7. The van der Waals surface area contributed by atoms with Gasteiger partial charge < -0.3 is 15.3 Å². The molecule has 1 amide bonds. The average Bonchev–Trinajstić information content (AvgIpc) is 4.47. The molecule has 8 bridgehead atoms. The molecule has 8 aromatic rings. The molecule has 3 aromatic heterocycles. The van der Waals surface area contributed by atoms with E-state index in [1.165, 1.54) is 56.6 Å². The van der Waals surface area contributed by atoms with Crippen molar-refractivity contribution in [2.75, 3.05) is 6.54 Å². The summed E-state index contributed by atoms with van der Waals surface area (Å²) in [7, 11) is 0. The molecule has 0 unspecified atom stereocenters.